The van der Waals surface area contributed by atoms with E-state index in [4.69, 9.17) is 0 Å². The van der Waals surface area contributed by atoms with Crippen LogP contribution in [0, 0.1) is 13.8 Å². The van der Waals surface area contributed by atoms with E-state index in [1.165, 1.54) is 11.1 Å². The maximum Gasteiger partial charge on any atom is 0.0968 e. The number of benzene rings is 1. The van der Waals surface area contributed by atoms with E-state index in [1.54, 1.807) is 6.20 Å². The van der Waals surface area contributed by atoms with Gasteiger partial charge < -0.3 is 0 Å². The smallest absolute Gasteiger partial charge is 0.0968 e. The van der Waals surface area contributed by atoms with Crippen LogP contribution in [-0.4, -0.2) is 9.78 Å². The van der Waals surface area contributed by atoms with Gasteiger partial charge in [0.25, 0.3) is 0 Å². The standard InChI is InChI=1S/C11H12N2S/c1-8-3-4-10(9(2)7-8)13-11(14)5-6-12-13/h3-7,14H,1-2H3. The first-order chi connectivity index (χ1) is 6.68. The molecule has 0 saturated heterocycles. The normalized spacial score (nSPS) is 10.5. The number of hydrogen-bond acceptors (Lipinski definition) is 2. The van der Waals surface area contributed by atoms with Crippen molar-refractivity contribution in [3.8, 4) is 5.69 Å². The second-order valence-corrected chi connectivity index (χ2v) is 3.85. The Bertz CT molecular complexity index is 460. The summed E-state index contributed by atoms with van der Waals surface area (Å²) in [4.78, 5) is 0. The van der Waals surface area contributed by atoms with E-state index in [2.05, 4.69) is 49.8 Å². The highest BCUT2D eigenvalue weighted by Crippen LogP contribution is 2.18. The topological polar surface area (TPSA) is 17.8 Å². The highest BCUT2D eigenvalue weighted by atomic mass is 32.1. The number of thiol groups is 1. The maximum atomic E-state index is 4.33. The SMILES string of the molecule is Cc1ccc(-n2nccc2S)c(C)c1. The summed E-state index contributed by atoms with van der Waals surface area (Å²) >= 11 is 4.33. The lowest BCUT2D eigenvalue weighted by atomic mass is 10.1. The van der Waals surface area contributed by atoms with Crippen molar-refractivity contribution in [2.24, 2.45) is 0 Å². The average molecular weight is 204 g/mol. The predicted octanol–water partition coefficient (Wildman–Crippen LogP) is 2.78. The molecule has 0 saturated carbocycles. The molecule has 0 radical (unpaired) electrons. The lowest BCUT2D eigenvalue weighted by Crippen LogP contribution is -1.99. The Hall–Kier alpha value is -1.22. The number of rotatable bonds is 1. The molecule has 2 rings (SSSR count). The second-order valence-electron chi connectivity index (χ2n) is 3.39. The fraction of sp³-hybridized carbons (Fsp3) is 0.182. The first-order valence-electron chi connectivity index (χ1n) is 4.49. The van der Waals surface area contributed by atoms with Crippen LogP contribution in [0.1, 0.15) is 11.1 Å². The molecule has 3 heteroatoms. The van der Waals surface area contributed by atoms with Gasteiger partial charge in [0, 0.05) is 0 Å². The Morgan fingerprint density at radius 2 is 2.00 bits per heavy atom. The van der Waals surface area contributed by atoms with Crippen molar-refractivity contribution in [1.29, 1.82) is 0 Å². The van der Waals surface area contributed by atoms with Crippen LogP contribution in [0.15, 0.2) is 35.5 Å². The van der Waals surface area contributed by atoms with Crippen molar-refractivity contribution in [2.45, 2.75) is 18.9 Å². The van der Waals surface area contributed by atoms with Crippen molar-refractivity contribution >= 4 is 12.6 Å². The summed E-state index contributed by atoms with van der Waals surface area (Å²) in [6, 6.07) is 8.17. The van der Waals surface area contributed by atoms with E-state index < -0.39 is 0 Å². The average Bonchev–Trinajstić information content (AvgIpc) is 2.52. The van der Waals surface area contributed by atoms with Crippen molar-refractivity contribution in [2.75, 3.05) is 0 Å². The van der Waals surface area contributed by atoms with Gasteiger partial charge in [-0.05, 0) is 31.5 Å². The molecule has 0 bridgehead atoms. The van der Waals surface area contributed by atoms with Gasteiger partial charge in [0.15, 0.2) is 0 Å². The number of hydrogen-bond donors (Lipinski definition) is 1. The van der Waals surface area contributed by atoms with Crippen LogP contribution in [0.2, 0.25) is 0 Å². The summed E-state index contributed by atoms with van der Waals surface area (Å²) < 4.78 is 1.83. The molecule has 2 nitrogen and oxygen atoms in total. The van der Waals surface area contributed by atoms with Crippen LogP contribution in [-0.2, 0) is 0 Å². The highest BCUT2D eigenvalue weighted by molar-refractivity contribution is 7.80. The monoisotopic (exact) mass is 204 g/mol. The zero-order valence-electron chi connectivity index (χ0n) is 8.23. The van der Waals surface area contributed by atoms with Gasteiger partial charge in [0.1, 0.15) is 0 Å². The summed E-state index contributed by atoms with van der Waals surface area (Å²) in [7, 11) is 0. The molecule has 0 spiro atoms. The molecular weight excluding hydrogens is 192 g/mol. The Kier molecular flexibility index (Phi) is 2.33. The molecule has 1 aromatic heterocycles. The van der Waals surface area contributed by atoms with Crippen LogP contribution < -0.4 is 0 Å². The van der Waals surface area contributed by atoms with Gasteiger partial charge in [-0.2, -0.15) is 5.10 Å². The van der Waals surface area contributed by atoms with Crippen LogP contribution in [0.25, 0.3) is 5.69 Å². The van der Waals surface area contributed by atoms with Gasteiger partial charge in [-0.1, -0.05) is 17.7 Å². The lowest BCUT2D eigenvalue weighted by molar-refractivity contribution is 0.799. The molecule has 72 valence electrons. The summed E-state index contributed by atoms with van der Waals surface area (Å²) in [6.07, 6.45) is 1.75. The van der Waals surface area contributed by atoms with E-state index in [-0.39, 0.29) is 0 Å². The summed E-state index contributed by atoms with van der Waals surface area (Å²) in [5.41, 5.74) is 3.56. The molecule has 2 aromatic rings. The summed E-state index contributed by atoms with van der Waals surface area (Å²) in [5, 5.41) is 5.08. The first-order valence-corrected chi connectivity index (χ1v) is 4.94. The zero-order valence-corrected chi connectivity index (χ0v) is 9.12. The Morgan fingerprint density at radius 1 is 1.21 bits per heavy atom. The zero-order chi connectivity index (χ0) is 10.1. The van der Waals surface area contributed by atoms with Crippen molar-refractivity contribution < 1.29 is 0 Å². The van der Waals surface area contributed by atoms with Crippen LogP contribution >= 0.6 is 12.6 Å². The van der Waals surface area contributed by atoms with Crippen LogP contribution in [0.4, 0.5) is 0 Å². The molecule has 14 heavy (non-hydrogen) atoms. The van der Waals surface area contributed by atoms with Gasteiger partial charge in [0.2, 0.25) is 0 Å². The summed E-state index contributed by atoms with van der Waals surface area (Å²) in [6.45, 7) is 4.17. The Morgan fingerprint density at radius 3 is 2.57 bits per heavy atom. The molecule has 1 aromatic carbocycles. The number of aromatic nitrogens is 2. The molecular formula is C11H12N2S. The lowest BCUT2D eigenvalue weighted by Gasteiger charge is -2.07. The predicted molar refractivity (Wildman–Crippen MR) is 60.3 cm³/mol. The fourth-order valence-corrected chi connectivity index (χ4v) is 1.75. The van der Waals surface area contributed by atoms with E-state index in [1.807, 2.05) is 10.7 Å². The Labute approximate surface area is 89.0 Å². The van der Waals surface area contributed by atoms with Gasteiger partial charge in [-0.3, -0.25) is 0 Å². The van der Waals surface area contributed by atoms with Gasteiger partial charge in [-0.25, -0.2) is 4.68 Å². The highest BCUT2D eigenvalue weighted by Gasteiger charge is 2.04. The van der Waals surface area contributed by atoms with Crippen LogP contribution in [0.5, 0.6) is 0 Å². The third kappa shape index (κ3) is 1.55. The van der Waals surface area contributed by atoms with Crippen molar-refractivity contribution in [3.63, 3.8) is 0 Å². The van der Waals surface area contributed by atoms with E-state index in [0.29, 0.717) is 0 Å². The number of aryl methyl sites for hydroxylation is 2. The van der Waals surface area contributed by atoms with E-state index in [0.717, 1.165) is 10.7 Å². The molecule has 0 N–H and O–H groups in total. The molecule has 0 unspecified atom stereocenters. The largest absolute Gasteiger partial charge is 0.227 e. The molecule has 1 heterocycles. The third-order valence-electron chi connectivity index (χ3n) is 2.20. The van der Waals surface area contributed by atoms with Crippen molar-refractivity contribution in [1.82, 2.24) is 9.78 Å². The van der Waals surface area contributed by atoms with Gasteiger partial charge >= 0.3 is 0 Å². The molecule has 0 aliphatic heterocycles. The van der Waals surface area contributed by atoms with Crippen LogP contribution in [0.3, 0.4) is 0 Å². The fourth-order valence-electron chi connectivity index (χ4n) is 1.53. The molecule has 0 fully saturated rings. The number of nitrogens with zero attached hydrogens (tertiary/aromatic N) is 2. The maximum absolute atomic E-state index is 4.33. The van der Waals surface area contributed by atoms with Gasteiger partial charge in [-0.15, -0.1) is 12.6 Å². The molecule has 0 aliphatic carbocycles. The van der Waals surface area contributed by atoms with E-state index >= 15 is 0 Å². The minimum absolute atomic E-state index is 0.858. The van der Waals surface area contributed by atoms with E-state index in [9.17, 15) is 0 Å². The third-order valence-corrected chi connectivity index (χ3v) is 2.54. The molecule has 0 amide bonds. The quantitative estimate of drug-likeness (QED) is 0.707. The first kappa shape index (κ1) is 9.34. The molecule has 0 atom stereocenters. The minimum atomic E-state index is 0.858. The van der Waals surface area contributed by atoms with Gasteiger partial charge in [0.05, 0.1) is 16.9 Å². The van der Waals surface area contributed by atoms with Crippen molar-refractivity contribution in [3.05, 3.63) is 41.6 Å². The summed E-state index contributed by atoms with van der Waals surface area (Å²) in [5.74, 6) is 0. The molecule has 0 aliphatic rings. The Balaban J connectivity index is 2.58. The minimum Gasteiger partial charge on any atom is -0.227 e. The second kappa shape index (κ2) is 3.50.